The fraction of sp³-hybridized carbons (Fsp3) is 0.455. The first-order chi connectivity index (χ1) is 8.04. The van der Waals surface area contributed by atoms with Crippen LogP contribution in [0.2, 0.25) is 5.02 Å². The molecule has 0 aromatic carbocycles. The van der Waals surface area contributed by atoms with Crippen molar-refractivity contribution >= 4 is 29.3 Å². The molecule has 1 atom stereocenters. The van der Waals surface area contributed by atoms with E-state index in [9.17, 15) is 4.79 Å². The Hall–Kier alpha value is -0.780. The zero-order chi connectivity index (χ0) is 12.5. The first kappa shape index (κ1) is 12.7. The number of carbonyl (C=O) groups excluding carboxylic acids is 1. The molecular weight excluding hydrogens is 258 g/mol. The Balaban J connectivity index is 2.06. The first-order valence-corrected chi connectivity index (χ1v) is 6.72. The van der Waals surface area contributed by atoms with Gasteiger partial charge >= 0.3 is 0 Å². The summed E-state index contributed by atoms with van der Waals surface area (Å²) in [7, 11) is 0. The maximum atomic E-state index is 11.4. The number of thioether (sulfide) groups is 1. The van der Waals surface area contributed by atoms with E-state index in [-0.39, 0.29) is 5.92 Å². The second-order valence-corrected chi connectivity index (χ2v) is 5.63. The van der Waals surface area contributed by atoms with E-state index in [0.29, 0.717) is 15.8 Å². The van der Waals surface area contributed by atoms with Gasteiger partial charge in [-0.25, -0.2) is 4.98 Å². The lowest BCUT2D eigenvalue weighted by Gasteiger charge is -2.25. The molecule has 0 spiro atoms. The highest BCUT2D eigenvalue weighted by Crippen LogP contribution is 2.41. The van der Waals surface area contributed by atoms with Gasteiger partial charge in [-0.1, -0.05) is 11.6 Å². The van der Waals surface area contributed by atoms with E-state index < -0.39 is 11.4 Å². The van der Waals surface area contributed by atoms with Gasteiger partial charge in [0.15, 0.2) is 0 Å². The summed E-state index contributed by atoms with van der Waals surface area (Å²) in [5.74, 6) is 0.179. The van der Waals surface area contributed by atoms with E-state index in [4.69, 9.17) is 23.1 Å². The summed E-state index contributed by atoms with van der Waals surface area (Å²) in [4.78, 5) is 15.6. The number of pyridine rings is 1. The van der Waals surface area contributed by atoms with Crippen LogP contribution in [0.1, 0.15) is 12.8 Å². The Morgan fingerprint density at radius 1 is 1.65 bits per heavy atom. The zero-order valence-corrected chi connectivity index (χ0v) is 10.8. The van der Waals surface area contributed by atoms with Gasteiger partial charge < -0.3 is 11.5 Å². The van der Waals surface area contributed by atoms with Gasteiger partial charge in [0.1, 0.15) is 10.6 Å². The number of hydrogen-bond donors (Lipinski definition) is 2. The van der Waals surface area contributed by atoms with Gasteiger partial charge in [-0.2, -0.15) is 0 Å². The molecule has 4 nitrogen and oxygen atoms in total. The number of amides is 1. The highest BCUT2D eigenvalue weighted by molar-refractivity contribution is 7.99. The molecule has 17 heavy (non-hydrogen) atoms. The monoisotopic (exact) mass is 271 g/mol. The van der Waals surface area contributed by atoms with E-state index in [2.05, 4.69) is 4.98 Å². The van der Waals surface area contributed by atoms with Gasteiger partial charge in [-0.3, -0.25) is 4.79 Å². The molecule has 1 aromatic heterocycles. The van der Waals surface area contributed by atoms with Crippen molar-refractivity contribution < 1.29 is 4.79 Å². The number of hydrogen-bond acceptors (Lipinski definition) is 4. The Kier molecular flexibility index (Phi) is 3.61. The number of aromatic nitrogens is 1. The molecule has 1 fully saturated rings. The summed E-state index contributed by atoms with van der Waals surface area (Å²) in [5, 5.41) is 1.26. The minimum absolute atomic E-state index is 0.204. The molecule has 1 saturated carbocycles. The Labute approximate surface area is 109 Å². The van der Waals surface area contributed by atoms with Gasteiger partial charge in [0.25, 0.3) is 0 Å². The molecule has 0 radical (unpaired) electrons. The second kappa shape index (κ2) is 4.84. The number of nitrogens with zero attached hydrogens (tertiary/aromatic N) is 1. The van der Waals surface area contributed by atoms with Crippen LogP contribution in [-0.2, 0) is 4.79 Å². The lowest BCUT2D eigenvalue weighted by Crippen LogP contribution is -2.56. The van der Waals surface area contributed by atoms with Gasteiger partial charge in [0.2, 0.25) is 5.91 Å². The summed E-state index contributed by atoms with van der Waals surface area (Å²) >= 11 is 7.37. The van der Waals surface area contributed by atoms with E-state index in [1.165, 1.54) is 11.8 Å². The van der Waals surface area contributed by atoms with Crippen molar-refractivity contribution in [3.8, 4) is 0 Å². The number of halogens is 1. The summed E-state index contributed by atoms with van der Waals surface area (Å²) in [6.07, 6.45) is 3.60. The van der Waals surface area contributed by atoms with Crippen molar-refractivity contribution in [2.24, 2.45) is 17.4 Å². The van der Waals surface area contributed by atoms with Crippen LogP contribution in [0.15, 0.2) is 23.4 Å². The van der Waals surface area contributed by atoms with Crippen molar-refractivity contribution in [2.75, 3.05) is 5.75 Å². The van der Waals surface area contributed by atoms with E-state index in [0.717, 1.165) is 12.8 Å². The quantitative estimate of drug-likeness (QED) is 0.794. The van der Waals surface area contributed by atoms with Gasteiger partial charge in [0, 0.05) is 11.9 Å². The van der Waals surface area contributed by atoms with Crippen molar-refractivity contribution in [1.29, 1.82) is 0 Å². The largest absolute Gasteiger partial charge is 0.368 e. The van der Waals surface area contributed by atoms with Crippen molar-refractivity contribution in [2.45, 2.75) is 23.4 Å². The van der Waals surface area contributed by atoms with Crippen LogP contribution in [0.25, 0.3) is 0 Å². The summed E-state index contributed by atoms with van der Waals surface area (Å²) < 4.78 is 0. The fourth-order valence-electron chi connectivity index (χ4n) is 1.65. The Morgan fingerprint density at radius 2 is 2.35 bits per heavy atom. The van der Waals surface area contributed by atoms with E-state index >= 15 is 0 Å². The van der Waals surface area contributed by atoms with Crippen LogP contribution >= 0.6 is 23.4 Å². The number of nitrogens with two attached hydrogens (primary N) is 2. The molecule has 2 rings (SSSR count). The molecule has 0 saturated heterocycles. The lowest BCUT2D eigenvalue weighted by atomic mass is 9.96. The fourth-order valence-corrected chi connectivity index (χ4v) is 3.03. The standard InChI is InChI=1S/C11H14ClN3OS/c12-8-2-1-5-15-9(8)17-6-11(14,10(13)16)7-3-4-7/h1-2,5,7H,3-4,6,14H2,(H2,13,16). The molecule has 1 amide bonds. The third-order valence-electron chi connectivity index (χ3n) is 2.94. The average molecular weight is 272 g/mol. The molecule has 92 valence electrons. The molecule has 1 aliphatic rings. The molecule has 6 heteroatoms. The summed E-state index contributed by atoms with van der Waals surface area (Å²) in [6, 6.07) is 3.52. The van der Waals surface area contributed by atoms with Gasteiger partial charge in [-0.15, -0.1) is 11.8 Å². The minimum Gasteiger partial charge on any atom is -0.368 e. The smallest absolute Gasteiger partial charge is 0.238 e. The topological polar surface area (TPSA) is 82.0 Å². The molecule has 0 aliphatic heterocycles. The van der Waals surface area contributed by atoms with Gasteiger partial charge in [-0.05, 0) is 30.9 Å². The van der Waals surface area contributed by atoms with Crippen molar-refractivity contribution in [3.05, 3.63) is 23.4 Å². The summed E-state index contributed by atoms with van der Waals surface area (Å²) in [6.45, 7) is 0. The predicted octanol–water partition coefficient (Wildman–Crippen LogP) is 1.42. The first-order valence-electron chi connectivity index (χ1n) is 5.36. The van der Waals surface area contributed by atoms with Crippen LogP contribution < -0.4 is 11.5 Å². The molecule has 1 heterocycles. The average Bonchev–Trinajstić information content (AvgIpc) is 3.11. The van der Waals surface area contributed by atoms with Crippen LogP contribution in [0, 0.1) is 5.92 Å². The van der Waals surface area contributed by atoms with Crippen LogP contribution in [0.3, 0.4) is 0 Å². The molecular formula is C11H14ClN3OS. The van der Waals surface area contributed by atoms with E-state index in [1.807, 2.05) is 0 Å². The SMILES string of the molecule is NC(=O)C(N)(CSc1ncccc1Cl)C1CC1. The third-order valence-corrected chi connectivity index (χ3v) is 4.57. The highest BCUT2D eigenvalue weighted by atomic mass is 35.5. The molecule has 0 bridgehead atoms. The molecule has 4 N–H and O–H groups in total. The van der Waals surface area contributed by atoms with Crippen LogP contribution in [0.5, 0.6) is 0 Å². The van der Waals surface area contributed by atoms with E-state index in [1.54, 1.807) is 18.3 Å². The minimum atomic E-state index is -0.939. The highest BCUT2D eigenvalue weighted by Gasteiger charge is 2.46. The van der Waals surface area contributed by atoms with Crippen molar-refractivity contribution in [1.82, 2.24) is 4.98 Å². The maximum Gasteiger partial charge on any atom is 0.238 e. The Bertz CT molecular complexity index is 438. The molecule has 1 aromatic rings. The van der Waals surface area contributed by atoms with Crippen molar-refractivity contribution in [3.63, 3.8) is 0 Å². The second-order valence-electron chi connectivity index (χ2n) is 4.26. The van der Waals surface area contributed by atoms with Crippen LogP contribution in [0.4, 0.5) is 0 Å². The maximum absolute atomic E-state index is 11.4. The van der Waals surface area contributed by atoms with Gasteiger partial charge in [0.05, 0.1) is 5.02 Å². The van der Waals surface area contributed by atoms with Crippen LogP contribution in [-0.4, -0.2) is 22.2 Å². The predicted molar refractivity (Wildman–Crippen MR) is 68.8 cm³/mol. The number of carbonyl (C=O) groups is 1. The lowest BCUT2D eigenvalue weighted by molar-refractivity contribution is -0.123. The Morgan fingerprint density at radius 3 is 2.88 bits per heavy atom. The molecule has 1 unspecified atom stereocenters. The molecule has 1 aliphatic carbocycles. The zero-order valence-electron chi connectivity index (χ0n) is 9.23. The number of rotatable bonds is 5. The third kappa shape index (κ3) is 2.73. The normalized spacial score (nSPS) is 18.7. The summed E-state index contributed by atoms with van der Waals surface area (Å²) in [5.41, 5.74) is 10.5. The number of primary amides is 1.